The Morgan fingerprint density at radius 2 is 0.825 bits per heavy atom. The molecule has 0 aliphatic rings. The minimum Gasteiger partial charge on any atom is -0.342 e. The van der Waals surface area contributed by atoms with E-state index >= 15 is 0 Å². The Bertz CT molecular complexity index is 2340. The first-order chi connectivity index (χ1) is 19.8. The molecule has 0 unspecified atom stereocenters. The van der Waals surface area contributed by atoms with Gasteiger partial charge in [0.25, 0.3) is 0 Å². The Hall–Kier alpha value is -5.28. The fourth-order valence-electron chi connectivity index (χ4n) is 6.95. The summed E-state index contributed by atoms with van der Waals surface area (Å²) in [6.45, 7) is 0. The molecule has 0 saturated carbocycles. The third-order valence-electron chi connectivity index (χ3n) is 8.64. The molecule has 9 rings (SSSR count). The van der Waals surface area contributed by atoms with E-state index in [9.17, 15) is 0 Å². The molecule has 0 radical (unpaired) electrons. The molecule has 0 spiro atoms. The van der Waals surface area contributed by atoms with E-state index in [1.165, 1.54) is 76.8 Å². The maximum atomic E-state index is 2.43. The molecule has 3 heterocycles. The number of para-hydroxylation sites is 5. The van der Waals surface area contributed by atoms with Crippen molar-refractivity contribution in [2.75, 3.05) is 0 Å². The summed E-state index contributed by atoms with van der Waals surface area (Å²) >= 11 is 0. The summed E-state index contributed by atoms with van der Waals surface area (Å²) in [6.07, 6.45) is 0. The van der Waals surface area contributed by atoms with Crippen molar-refractivity contribution in [3.63, 3.8) is 0 Å². The zero-order valence-electron chi connectivity index (χ0n) is 22.0. The highest BCUT2D eigenvalue weighted by molar-refractivity contribution is 6.15. The van der Waals surface area contributed by atoms with E-state index in [0.717, 1.165) is 0 Å². The number of benzene rings is 6. The van der Waals surface area contributed by atoms with Gasteiger partial charge in [-0.1, -0.05) is 91.0 Å². The Morgan fingerprint density at radius 1 is 0.375 bits per heavy atom. The monoisotopic (exact) mass is 511 g/mol. The maximum absolute atomic E-state index is 2.43. The smallest absolute Gasteiger partial charge is 0.0733 e. The number of aryl methyl sites for hydroxylation is 1. The van der Waals surface area contributed by atoms with Gasteiger partial charge in [0.15, 0.2) is 0 Å². The number of rotatable bonds is 2. The van der Waals surface area contributed by atoms with Crippen LogP contribution >= 0.6 is 0 Å². The lowest BCUT2D eigenvalue weighted by Crippen LogP contribution is -1.98. The molecule has 9 aromatic rings. The molecule has 0 fully saturated rings. The number of hydrogen-bond donors (Lipinski definition) is 0. The second-order valence-electron chi connectivity index (χ2n) is 10.7. The summed E-state index contributed by atoms with van der Waals surface area (Å²) in [4.78, 5) is 0. The lowest BCUT2D eigenvalue weighted by atomic mass is 10.1. The molecule has 0 atom stereocenters. The largest absolute Gasteiger partial charge is 0.342 e. The minimum atomic E-state index is 1.18. The molecule has 0 saturated heterocycles. The molecule has 0 amide bonds. The van der Waals surface area contributed by atoms with Gasteiger partial charge in [-0.05, 0) is 42.5 Å². The van der Waals surface area contributed by atoms with E-state index in [4.69, 9.17) is 0 Å². The van der Waals surface area contributed by atoms with Crippen LogP contribution in [-0.4, -0.2) is 13.7 Å². The highest BCUT2D eigenvalue weighted by Crippen LogP contribution is 2.39. The van der Waals surface area contributed by atoms with Crippen molar-refractivity contribution in [2.24, 2.45) is 7.05 Å². The topological polar surface area (TPSA) is 14.8 Å². The van der Waals surface area contributed by atoms with Crippen LogP contribution in [0.1, 0.15) is 0 Å². The molecule has 0 aliphatic carbocycles. The first-order valence-corrected chi connectivity index (χ1v) is 13.8. The lowest BCUT2D eigenvalue weighted by Gasteiger charge is -2.11. The van der Waals surface area contributed by atoms with Crippen molar-refractivity contribution < 1.29 is 0 Å². The molecule has 0 N–H and O–H groups in total. The molecular weight excluding hydrogens is 486 g/mol. The van der Waals surface area contributed by atoms with Crippen LogP contribution in [0.15, 0.2) is 133 Å². The van der Waals surface area contributed by atoms with Crippen LogP contribution in [0.5, 0.6) is 0 Å². The average molecular weight is 512 g/mol. The van der Waals surface area contributed by atoms with Gasteiger partial charge >= 0.3 is 0 Å². The van der Waals surface area contributed by atoms with Crippen LogP contribution in [0.25, 0.3) is 76.8 Å². The summed E-state index contributed by atoms with van der Waals surface area (Å²) in [5.74, 6) is 0. The van der Waals surface area contributed by atoms with E-state index in [2.05, 4.69) is 154 Å². The Kier molecular flexibility index (Phi) is 4.26. The van der Waals surface area contributed by atoms with Gasteiger partial charge in [0, 0.05) is 45.1 Å². The number of aromatic nitrogens is 3. The third kappa shape index (κ3) is 2.73. The average Bonchev–Trinajstić information content (AvgIpc) is 3.63. The van der Waals surface area contributed by atoms with Gasteiger partial charge in [-0.3, -0.25) is 0 Å². The predicted molar refractivity (Wildman–Crippen MR) is 169 cm³/mol. The molecule has 188 valence electrons. The van der Waals surface area contributed by atoms with Gasteiger partial charge in [0.2, 0.25) is 0 Å². The number of fused-ring (bicyclic) bond motifs is 9. The van der Waals surface area contributed by atoms with Crippen LogP contribution < -0.4 is 0 Å². The molecule has 6 aromatic carbocycles. The second kappa shape index (κ2) is 7.87. The Labute approximate surface area is 230 Å². The first kappa shape index (κ1) is 21.6. The van der Waals surface area contributed by atoms with Crippen molar-refractivity contribution in [2.45, 2.75) is 0 Å². The second-order valence-corrected chi connectivity index (χ2v) is 10.7. The Balaban J connectivity index is 1.37. The normalized spacial score (nSPS) is 12.1. The molecule has 3 heteroatoms. The van der Waals surface area contributed by atoms with Crippen LogP contribution in [0.4, 0.5) is 0 Å². The van der Waals surface area contributed by atoms with Crippen molar-refractivity contribution in [3.8, 4) is 11.4 Å². The van der Waals surface area contributed by atoms with Crippen LogP contribution in [0, 0.1) is 0 Å². The van der Waals surface area contributed by atoms with Gasteiger partial charge in [0.05, 0.1) is 38.8 Å². The zero-order chi connectivity index (χ0) is 26.4. The van der Waals surface area contributed by atoms with Crippen LogP contribution in [0.3, 0.4) is 0 Å². The van der Waals surface area contributed by atoms with E-state index < -0.39 is 0 Å². The summed E-state index contributed by atoms with van der Waals surface area (Å²) in [5.41, 5.74) is 9.76. The summed E-state index contributed by atoms with van der Waals surface area (Å²) in [7, 11) is 2.21. The third-order valence-corrected chi connectivity index (χ3v) is 8.64. The summed E-state index contributed by atoms with van der Waals surface area (Å²) in [6, 6.07) is 48.5. The molecular formula is C37H25N3. The van der Waals surface area contributed by atoms with E-state index in [-0.39, 0.29) is 0 Å². The van der Waals surface area contributed by atoms with Gasteiger partial charge in [-0.2, -0.15) is 0 Å². The molecule has 40 heavy (non-hydrogen) atoms. The van der Waals surface area contributed by atoms with Crippen molar-refractivity contribution in [1.29, 1.82) is 0 Å². The number of hydrogen-bond acceptors (Lipinski definition) is 0. The molecule has 3 aromatic heterocycles. The predicted octanol–water partition coefficient (Wildman–Crippen LogP) is 9.53. The fraction of sp³-hybridized carbons (Fsp3) is 0.0270. The van der Waals surface area contributed by atoms with E-state index in [1.807, 2.05) is 0 Å². The van der Waals surface area contributed by atoms with Crippen molar-refractivity contribution in [3.05, 3.63) is 133 Å². The zero-order valence-corrected chi connectivity index (χ0v) is 22.0. The van der Waals surface area contributed by atoms with Crippen LogP contribution in [-0.2, 0) is 7.05 Å². The van der Waals surface area contributed by atoms with Crippen LogP contribution in [0.2, 0.25) is 0 Å². The summed E-state index contributed by atoms with van der Waals surface area (Å²) in [5, 5.41) is 7.66. The summed E-state index contributed by atoms with van der Waals surface area (Å²) < 4.78 is 7.20. The molecule has 3 nitrogen and oxygen atoms in total. The highest BCUT2D eigenvalue weighted by Gasteiger charge is 2.19. The van der Waals surface area contributed by atoms with Gasteiger partial charge in [0.1, 0.15) is 0 Å². The highest BCUT2D eigenvalue weighted by atomic mass is 15.0. The Morgan fingerprint density at radius 3 is 1.38 bits per heavy atom. The van der Waals surface area contributed by atoms with E-state index in [0.29, 0.717) is 0 Å². The lowest BCUT2D eigenvalue weighted by molar-refractivity contribution is 1.00. The van der Waals surface area contributed by atoms with Gasteiger partial charge in [-0.15, -0.1) is 0 Å². The quantitative estimate of drug-likeness (QED) is 0.219. The maximum Gasteiger partial charge on any atom is 0.0733 e. The molecule has 0 aliphatic heterocycles. The van der Waals surface area contributed by atoms with Gasteiger partial charge < -0.3 is 13.7 Å². The van der Waals surface area contributed by atoms with Crippen molar-refractivity contribution >= 4 is 65.4 Å². The van der Waals surface area contributed by atoms with Crippen molar-refractivity contribution in [1.82, 2.24) is 13.7 Å². The standard InChI is InChI=1S/C37H25N3/c1-38-36-23-24(39-31-16-6-2-11-25(31)26-12-3-7-17-32(26)39)21-22-29(36)30-15-10-20-35(37(30)38)40-33-18-8-4-13-27(33)28-14-5-9-19-34(28)40/h2-23H,1H3. The minimum absolute atomic E-state index is 1.18. The fourth-order valence-corrected chi connectivity index (χ4v) is 6.95. The SMILES string of the molecule is Cn1c2cc(-n3c4ccccc4c4ccccc43)ccc2c2cccc(-n3c4ccccc4c4ccccc43)c21. The number of nitrogens with zero attached hydrogens (tertiary/aromatic N) is 3. The van der Waals surface area contributed by atoms with E-state index in [1.54, 1.807) is 0 Å². The van der Waals surface area contributed by atoms with Gasteiger partial charge in [-0.25, -0.2) is 0 Å². The first-order valence-electron chi connectivity index (χ1n) is 13.8. The molecule has 0 bridgehead atoms.